The first-order valence-corrected chi connectivity index (χ1v) is 9.79. The topological polar surface area (TPSA) is 54.5 Å². The van der Waals surface area contributed by atoms with Crippen LogP contribution in [0.25, 0.3) is 0 Å². The predicted molar refractivity (Wildman–Crippen MR) is 108 cm³/mol. The number of hydrogen-bond donors (Lipinski definition) is 1. The molecule has 1 N–H and O–H groups in total. The van der Waals surface area contributed by atoms with Crippen LogP contribution in [0, 0.1) is 5.92 Å². The Hall–Kier alpha value is -2.40. The Morgan fingerprint density at radius 1 is 1.19 bits per heavy atom. The summed E-state index contributed by atoms with van der Waals surface area (Å²) in [5, 5.41) is 3.10. The Morgan fingerprint density at radius 2 is 1.93 bits per heavy atom. The molecule has 0 saturated carbocycles. The van der Waals surface area contributed by atoms with Gasteiger partial charge in [0.25, 0.3) is 0 Å². The van der Waals surface area contributed by atoms with Crippen LogP contribution >= 0.6 is 0 Å². The van der Waals surface area contributed by atoms with E-state index in [1.165, 1.54) is 0 Å². The minimum absolute atomic E-state index is 0.0767. The molecule has 1 aliphatic rings. The second-order valence-corrected chi connectivity index (χ2v) is 7.12. The fourth-order valence-corrected chi connectivity index (χ4v) is 3.43. The van der Waals surface area contributed by atoms with Gasteiger partial charge in [-0.05, 0) is 23.1 Å². The van der Waals surface area contributed by atoms with Crippen LogP contribution in [0.4, 0.5) is 5.82 Å². The molecule has 3 rings (SSSR count). The van der Waals surface area contributed by atoms with Gasteiger partial charge in [-0.2, -0.15) is 0 Å². The first kappa shape index (κ1) is 19.4. The van der Waals surface area contributed by atoms with Crippen molar-refractivity contribution in [1.82, 2.24) is 10.3 Å². The second kappa shape index (κ2) is 9.51. The maximum absolute atomic E-state index is 12.9. The molecule has 5 nitrogen and oxygen atoms in total. The van der Waals surface area contributed by atoms with Gasteiger partial charge < -0.3 is 15.0 Å². The van der Waals surface area contributed by atoms with Crippen molar-refractivity contribution in [2.24, 2.45) is 5.92 Å². The highest BCUT2D eigenvalue weighted by molar-refractivity contribution is 5.83. The van der Waals surface area contributed by atoms with Crippen LogP contribution in [0.15, 0.2) is 48.7 Å². The van der Waals surface area contributed by atoms with Gasteiger partial charge in [-0.25, -0.2) is 4.98 Å². The number of morpholine rings is 1. The minimum Gasteiger partial charge on any atom is -0.378 e. The fourth-order valence-electron chi connectivity index (χ4n) is 3.43. The molecule has 0 aliphatic carbocycles. The van der Waals surface area contributed by atoms with E-state index in [0.29, 0.717) is 6.54 Å². The first-order valence-electron chi connectivity index (χ1n) is 9.79. The summed E-state index contributed by atoms with van der Waals surface area (Å²) in [5.74, 6) is 1.20. The normalized spacial score (nSPS) is 16.6. The van der Waals surface area contributed by atoms with Crippen molar-refractivity contribution >= 4 is 11.7 Å². The van der Waals surface area contributed by atoms with E-state index in [1.54, 1.807) is 0 Å². The highest BCUT2D eigenvalue weighted by atomic mass is 16.5. The van der Waals surface area contributed by atoms with Crippen LogP contribution in [0.2, 0.25) is 0 Å². The zero-order valence-electron chi connectivity index (χ0n) is 16.2. The van der Waals surface area contributed by atoms with E-state index in [9.17, 15) is 4.79 Å². The monoisotopic (exact) mass is 367 g/mol. The third-order valence-corrected chi connectivity index (χ3v) is 5.27. The van der Waals surface area contributed by atoms with Crippen LogP contribution in [-0.4, -0.2) is 37.2 Å². The van der Waals surface area contributed by atoms with E-state index in [4.69, 9.17) is 4.74 Å². The molecule has 0 bridgehead atoms. The van der Waals surface area contributed by atoms with Crippen LogP contribution < -0.4 is 10.2 Å². The minimum atomic E-state index is -0.128. The summed E-state index contributed by atoms with van der Waals surface area (Å²) in [6.45, 7) is 7.99. The molecule has 1 aromatic carbocycles. The van der Waals surface area contributed by atoms with Gasteiger partial charge in [-0.15, -0.1) is 0 Å². The van der Waals surface area contributed by atoms with E-state index in [2.05, 4.69) is 29.0 Å². The summed E-state index contributed by atoms with van der Waals surface area (Å²) < 4.78 is 5.38. The van der Waals surface area contributed by atoms with Crippen molar-refractivity contribution in [2.75, 3.05) is 31.2 Å². The van der Waals surface area contributed by atoms with Gasteiger partial charge >= 0.3 is 0 Å². The highest BCUT2D eigenvalue weighted by Crippen LogP contribution is 2.27. The van der Waals surface area contributed by atoms with E-state index in [0.717, 1.165) is 49.7 Å². The predicted octanol–water partition coefficient (Wildman–Crippen LogP) is 3.36. The zero-order valence-corrected chi connectivity index (χ0v) is 16.2. The number of hydrogen-bond acceptors (Lipinski definition) is 4. The molecular weight excluding hydrogens is 338 g/mol. The molecule has 0 unspecified atom stereocenters. The Bertz CT molecular complexity index is 712. The van der Waals surface area contributed by atoms with Crippen LogP contribution in [0.5, 0.6) is 0 Å². The number of amides is 1. The number of pyridine rings is 1. The molecule has 27 heavy (non-hydrogen) atoms. The van der Waals surface area contributed by atoms with Crippen LogP contribution in [0.1, 0.15) is 37.3 Å². The molecule has 2 atom stereocenters. The Morgan fingerprint density at radius 3 is 2.56 bits per heavy atom. The summed E-state index contributed by atoms with van der Waals surface area (Å²) in [6, 6.07) is 14.1. The maximum Gasteiger partial charge on any atom is 0.228 e. The van der Waals surface area contributed by atoms with Crippen molar-refractivity contribution < 1.29 is 9.53 Å². The summed E-state index contributed by atoms with van der Waals surface area (Å²) in [6.07, 6.45) is 2.81. The molecule has 0 spiro atoms. The SMILES string of the molecule is CC[C@H](C)[C@@H](C(=O)NCc1ccc(N2CCOCC2)nc1)c1ccccc1. The molecule has 1 aliphatic heterocycles. The molecular formula is C22H29N3O2. The van der Waals surface area contributed by atoms with E-state index < -0.39 is 0 Å². The van der Waals surface area contributed by atoms with E-state index >= 15 is 0 Å². The number of carbonyl (C=O) groups is 1. The third-order valence-electron chi connectivity index (χ3n) is 5.27. The molecule has 2 heterocycles. The van der Waals surface area contributed by atoms with Crippen molar-refractivity contribution in [3.63, 3.8) is 0 Å². The van der Waals surface area contributed by atoms with Crippen LogP contribution in [0.3, 0.4) is 0 Å². The number of carbonyl (C=O) groups excluding carboxylic acids is 1. The number of benzene rings is 1. The maximum atomic E-state index is 12.9. The lowest BCUT2D eigenvalue weighted by Crippen LogP contribution is -2.36. The van der Waals surface area contributed by atoms with Crippen molar-refractivity contribution in [2.45, 2.75) is 32.7 Å². The van der Waals surface area contributed by atoms with Gasteiger partial charge in [0.1, 0.15) is 5.82 Å². The molecule has 1 aromatic heterocycles. The number of anilines is 1. The zero-order chi connectivity index (χ0) is 19.1. The number of aromatic nitrogens is 1. The smallest absolute Gasteiger partial charge is 0.228 e. The van der Waals surface area contributed by atoms with Gasteiger partial charge in [0.15, 0.2) is 0 Å². The fraction of sp³-hybridized carbons (Fsp3) is 0.455. The second-order valence-electron chi connectivity index (χ2n) is 7.12. The summed E-state index contributed by atoms with van der Waals surface area (Å²) in [5.41, 5.74) is 2.08. The average Bonchev–Trinajstić information content (AvgIpc) is 2.74. The molecule has 144 valence electrons. The molecule has 0 radical (unpaired) electrons. The number of rotatable bonds is 7. The largest absolute Gasteiger partial charge is 0.378 e. The molecule has 1 fully saturated rings. The average molecular weight is 367 g/mol. The van der Waals surface area contributed by atoms with Gasteiger partial charge in [0, 0.05) is 25.8 Å². The lowest BCUT2D eigenvalue weighted by Gasteiger charge is -2.27. The molecule has 5 heteroatoms. The third kappa shape index (κ3) is 5.07. The summed E-state index contributed by atoms with van der Waals surface area (Å²) >= 11 is 0. The lowest BCUT2D eigenvalue weighted by molar-refractivity contribution is -0.123. The van der Waals surface area contributed by atoms with E-state index in [1.807, 2.05) is 48.7 Å². The lowest BCUT2D eigenvalue weighted by atomic mass is 9.85. The van der Waals surface area contributed by atoms with Crippen LogP contribution in [-0.2, 0) is 16.1 Å². The standard InChI is InChI=1S/C22H29N3O2/c1-3-17(2)21(19-7-5-4-6-8-19)22(26)24-16-18-9-10-20(23-15-18)25-11-13-27-14-12-25/h4-10,15,17,21H,3,11-14,16H2,1-2H3,(H,24,26)/t17-,21+/m0/s1. The molecule has 1 amide bonds. The van der Waals surface area contributed by atoms with Gasteiger partial charge in [0.05, 0.1) is 19.1 Å². The quantitative estimate of drug-likeness (QED) is 0.815. The number of ether oxygens (including phenoxy) is 1. The molecule has 1 saturated heterocycles. The Labute approximate surface area is 161 Å². The van der Waals surface area contributed by atoms with Gasteiger partial charge in [-0.3, -0.25) is 4.79 Å². The van der Waals surface area contributed by atoms with Gasteiger partial charge in [0.2, 0.25) is 5.91 Å². The van der Waals surface area contributed by atoms with Crippen molar-refractivity contribution in [3.05, 3.63) is 59.8 Å². The highest BCUT2D eigenvalue weighted by Gasteiger charge is 2.25. The summed E-state index contributed by atoms with van der Waals surface area (Å²) in [7, 11) is 0. The number of nitrogens with zero attached hydrogens (tertiary/aromatic N) is 2. The van der Waals surface area contributed by atoms with Crippen molar-refractivity contribution in [3.8, 4) is 0 Å². The van der Waals surface area contributed by atoms with E-state index in [-0.39, 0.29) is 17.7 Å². The Kier molecular flexibility index (Phi) is 6.82. The molecule has 2 aromatic rings. The first-order chi connectivity index (χ1) is 13.2. The summed E-state index contributed by atoms with van der Waals surface area (Å²) in [4.78, 5) is 19.7. The van der Waals surface area contributed by atoms with Gasteiger partial charge in [-0.1, -0.05) is 56.7 Å². The number of nitrogens with one attached hydrogen (secondary N) is 1. The van der Waals surface area contributed by atoms with Crippen molar-refractivity contribution in [1.29, 1.82) is 0 Å². The Balaban J connectivity index is 1.61.